The molecule has 0 bridgehead atoms. The maximum absolute atomic E-state index is 11.7. The minimum atomic E-state index is -0.990. The van der Waals surface area contributed by atoms with Crippen LogP contribution in [0.4, 0.5) is 0 Å². The first-order valence-corrected chi connectivity index (χ1v) is 8.82. The minimum absolute atomic E-state index is 0.272. The number of rotatable bonds is 3. The van der Waals surface area contributed by atoms with Crippen LogP contribution in [0, 0.1) is 13.8 Å². The lowest BCUT2D eigenvalue weighted by Crippen LogP contribution is -2.69. The summed E-state index contributed by atoms with van der Waals surface area (Å²) in [6, 6.07) is 5.09. The molecular formula is C19H27NO6. The normalized spacial score (nSPS) is 33.2. The van der Waals surface area contributed by atoms with Crippen molar-refractivity contribution in [3.05, 3.63) is 29.3 Å². The number of fused-ring (bicyclic) bond motifs is 1. The number of ether oxygens (including phenoxy) is 4. The minimum Gasteiger partial charge on any atom is -0.462 e. The number of carbonyl (C=O) groups excluding carboxylic acids is 1. The van der Waals surface area contributed by atoms with Crippen molar-refractivity contribution in [2.75, 3.05) is 6.61 Å². The molecule has 0 unspecified atom stereocenters. The molecule has 1 amide bonds. The summed E-state index contributed by atoms with van der Waals surface area (Å²) in [5, 5.41) is 13.6. The maximum Gasteiger partial charge on any atom is 0.223 e. The van der Waals surface area contributed by atoms with Gasteiger partial charge >= 0.3 is 0 Å². The molecule has 2 saturated heterocycles. The Morgan fingerprint density at radius 1 is 1.35 bits per heavy atom. The molecule has 0 spiro atoms. The third-order valence-corrected chi connectivity index (χ3v) is 4.64. The standard InChI is InChI=1S/C19H27NO6/c1-10-6-7-11(2)13(8-10)24-18-15(20-12(3)21)16(22)17-14(25-18)9-23-19(4,5)26-17/h6-8,14-18,22H,9H2,1-5H3,(H,20,21)/t14-,15-,16-,17-,18+/m0/s1. The Morgan fingerprint density at radius 2 is 2.08 bits per heavy atom. The second kappa shape index (κ2) is 7.15. The molecule has 0 radical (unpaired) electrons. The monoisotopic (exact) mass is 365 g/mol. The first kappa shape index (κ1) is 19.1. The molecule has 1 aromatic carbocycles. The van der Waals surface area contributed by atoms with E-state index in [1.165, 1.54) is 6.92 Å². The number of benzene rings is 1. The first-order chi connectivity index (χ1) is 12.2. The lowest BCUT2D eigenvalue weighted by Gasteiger charge is -2.49. The molecule has 0 saturated carbocycles. The van der Waals surface area contributed by atoms with E-state index in [2.05, 4.69) is 5.32 Å². The fourth-order valence-electron chi connectivity index (χ4n) is 3.29. The van der Waals surface area contributed by atoms with E-state index in [-0.39, 0.29) is 12.5 Å². The maximum atomic E-state index is 11.7. The number of hydrogen-bond donors (Lipinski definition) is 2. The third-order valence-electron chi connectivity index (χ3n) is 4.64. The van der Waals surface area contributed by atoms with Crippen molar-refractivity contribution in [1.29, 1.82) is 0 Å². The van der Waals surface area contributed by atoms with Gasteiger partial charge in [-0.3, -0.25) is 4.79 Å². The molecule has 5 atom stereocenters. The van der Waals surface area contributed by atoms with Crippen LogP contribution < -0.4 is 10.1 Å². The Hall–Kier alpha value is -1.67. The summed E-state index contributed by atoms with van der Waals surface area (Å²) < 4.78 is 23.5. The first-order valence-electron chi connectivity index (χ1n) is 8.82. The van der Waals surface area contributed by atoms with Crippen LogP contribution in [0.25, 0.3) is 0 Å². The molecule has 7 heteroatoms. The van der Waals surface area contributed by atoms with Crippen molar-refractivity contribution >= 4 is 5.91 Å². The van der Waals surface area contributed by atoms with Crippen LogP contribution in [0.15, 0.2) is 18.2 Å². The molecule has 7 nitrogen and oxygen atoms in total. The fraction of sp³-hybridized carbons (Fsp3) is 0.632. The van der Waals surface area contributed by atoms with Crippen LogP contribution in [-0.2, 0) is 19.0 Å². The van der Waals surface area contributed by atoms with Gasteiger partial charge in [-0.2, -0.15) is 0 Å². The van der Waals surface area contributed by atoms with Gasteiger partial charge in [0, 0.05) is 6.92 Å². The van der Waals surface area contributed by atoms with Gasteiger partial charge in [-0.05, 0) is 44.9 Å². The second-order valence-corrected chi connectivity index (χ2v) is 7.44. The van der Waals surface area contributed by atoms with Crippen molar-refractivity contribution < 1.29 is 28.8 Å². The molecule has 26 heavy (non-hydrogen) atoms. The summed E-state index contributed by atoms with van der Waals surface area (Å²) >= 11 is 0. The Morgan fingerprint density at radius 3 is 2.77 bits per heavy atom. The predicted molar refractivity (Wildman–Crippen MR) is 93.7 cm³/mol. The van der Waals surface area contributed by atoms with Gasteiger partial charge in [0.05, 0.1) is 6.61 Å². The van der Waals surface area contributed by atoms with E-state index in [4.69, 9.17) is 18.9 Å². The Labute approximate surface area is 153 Å². The molecule has 2 aliphatic rings. The summed E-state index contributed by atoms with van der Waals surface area (Å²) in [4.78, 5) is 11.7. The van der Waals surface area contributed by atoms with Gasteiger partial charge in [0.25, 0.3) is 0 Å². The average molecular weight is 365 g/mol. The van der Waals surface area contributed by atoms with Crippen LogP contribution in [0.1, 0.15) is 31.9 Å². The number of aryl methyl sites for hydroxylation is 2. The fourth-order valence-corrected chi connectivity index (χ4v) is 3.29. The molecule has 2 heterocycles. The van der Waals surface area contributed by atoms with E-state index in [1.54, 1.807) is 13.8 Å². The Bertz CT molecular complexity index is 676. The average Bonchev–Trinajstić information content (AvgIpc) is 2.54. The molecule has 2 N–H and O–H groups in total. The predicted octanol–water partition coefficient (Wildman–Crippen LogP) is 1.42. The zero-order valence-electron chi connectivity index (χ0n) is 15.8. The number of nitrogens with one attached hydrogen (secondary N) is 1. The summed E-state index contributed by atoms with van der Waals surface area (Å²) in [7, 11) is 0. The van der Waals surface area contributed by atoms with Crippen LogP contribution in [0.5, 0.6) is 5.75 Å². The number of aliphatic hydroxyl groups excluding tert-OH is 1. The lowest BCUT2D eigenvalue weighted by atomic mass is 9.95. The topological polar surface area (TPSA) is 86.3 Å². The second-order valence-electron chi connectivity index (χ2n) is 7.44. The van der Waals surface area contributed by atoms with E-state index in [0.29, 0.717) is 5.75 Å². The van der Waals surface area contributed by atoms with Gasteiger partial charge in [0.15, 0.2) is 5.79 Å². The molecule has 144 valence electrons. The zero-order chi connectivity index (χ0) is 19.1. The molecule has 3 rings (SSSR count). The highest BCUT2D eigenvalue weighted by Crippen LogP contribution is 2.34. The quantitative estimate of drug-likeness (QED) is 0.843. The van der Waals surface area contributed by atoms with Crippen molar-refractivity contribution in [2.45, 2.75) is 71.0 Å². The van der Waals surface area contributed by atoms with Crippen LogP contribution in [-0.4, -0.2) is 54.1 Å². The number of aliphatic hydroxyl groups is 1. The smallest absolute Gasteiger partial charge is 0.223 e. The van der Waals surface area contributed by atoms with E-state index in [0.717, 1.165) is 11.1 Å². The summed E-state index contributed by atoms with van der Waals surface area (Å²) in [5.41, 5.74) is 1.98. The van der Waals surface area contributed by atoms with Crippen molar-refractivity contribution in [2.24, 2.45) is 0 Å². The summed E-state index contributed by atoms with van der Waals surface area (Å²) in [6.07, 6.45) is -2.95. The van der Waals surface area contributed by atoms with Crippen molar-refractivity contribution in [3.8, 4) is 5.75 Å². The number of carbonyl (C=O) groups is 1. The van der Waals surface area contributed by atoms with Gasteiger partial charge < -0.3 is 29.4 Å². The summed E-state index contributed by atoms with van der Waals surface area (Å²) in [6.45, 7) is 9.12. The Balaban J connectivity index is 1.85. The van der Waals surface area contributed by atoms with Gasteiger partial charge in [0.1, 0.15) is 30.1 Å². The van der Waals surface area contributed by atoms with Gasteiger partial charge in [0.2, 0.25) is 12.2 Å². The van der Waals surface area contributed by atoms with Crippen LogP contribution >= 0.6 is 0 Å². The van der Waals surface area contributed by atoms with Crippen molar-refractivity contribution in [1.82, 2.24) is 5.32 Å². The van der Waals surface area contributed by atoms with E-state index in [9.17, 15) is 9.90 Å². The van der Waals surface area contributed by atoms with E-state index < -0.39 is 36.4 Å². The molecule has 0 aromatic heterocycles. The third kappa shape index (κ3) is 4.01. The molecule has 2 aliphatic heterocycles. The summed E-state index contributed by atoms with van der Waals surface area (Å²) in [5.74, 6) is -0.460. The molecule has 0 aliphatic carbocycles. The molecular weight excluding hydrogens is 338 g/mol. The van der Waals surface area contributed by atoms with E-state index in [1.807, 2.05) is 32.0 Å². The number of hydrogen-bond acceptors (Lipinski definition) is 6. The highest BCUT2D eigenvalue weighted by molar-refractivity contribution is 5.73. The SMILES string of the molecule is CC(=O)N[C@@H]1[C@H](Oc2cc(C)ccc2C)O[C@H]2COC(C)(C)O[C@@H]2[C@H]1O. The van der Waals surface area contributed by atoms with Crippen LogP contribution in [0.2, 0.25) is 0 Å². The highest BCUT2D eigenvalue weighted by Gasteiger charge is 2.52. The zero-order valence-corrected chi connectivity index (χ0v) is 15.8. The molecule has 1 aromatic rings. The molecule has 2 fully saturated rings. The van der Waals surface area contributed by atoms with Crippen molar-refractivity contribution in [3.63, 3.8) is 0 Å². The van der Waals surface area contributed by atoms with E-state index >= 15 is 0 Å². The largest absolute Gasteiger partial charge is 0.462 e. The number of amides is 1. The highest BCUT2D eigenvalue weighted by atomic mass is 16.8. The lowest BCUT2D eigenvalue weighted by molar-refractivity contribution is -0.361. The van der Waals surface area contributed by atoms with Gasteiger partial charge in [-0.25, -0.2) is 0 Å². The van der Waals surface area contributed by atoms with Crippen LogP contribution in [0.3, 0.4) is 0 Å². The van der Waals surface area contributed by atoms with Gasteiger partial charge in [-0.1, -0.05) is 12.1 Å². The Kier molecular flexibility index (Phi) is 5.25. The van der Waals surface area contributed by atoms with Gasteiger partial charge in [-0.15, -0.1) is 0 Å².